The molecule has 0 fully saturated rings. The highest BCUT2D eigenvalue weighted by molar-refractivity contribution is 5.40. The molecule has 0 aliphatic rings. The number of hydrogen-bond donors (Lipinski definition) is 1. The highest BCUT2D eigenvalue weighted by Gasteiger charge is 2.08. The number of hydrogen-bond acceptors (Lipinski definition) is 2. The average molecular weight is 271 g/mol. The minimum Gasteiger partial charge on any atom is -0.327 e. The van der Waals surface area contributed by atoms with E-state index in [2.05, 4.69) is 57.1 Å². The van der Waals surface area contributed by atoms with Crippen molar-refractivity contribution in [2.24, 2.45) is 5.73 Å². The Morgan fingerprint density at radius 2 is 2.00 bits per heavy atom. The van der Waals surface area contributed by atoms with Gasteiger partial charge in [-0.2, -0.15) is 5.10 Å². The Morgan fingerprint density at radius 1 is 1.25 bits per heavy atom. The SMILES string of the molecule is CCC(N)Cc1ccc(-n2ccc(C(C)C)n2)cc1C. The van der Waals surface area contributed by atoms with Crippen LogP contribution in [-0.2, 0) is 6.42 Å². The van der Waals surface area contributed by atoms with Crippen LogP contribution < -0.4 is 5.73 Å². The number of nitrogens with zero attached hydrogens (tertiary/aromatic N) is 2. The second kappa shape index (κ2) is 6.23. The minimum atomic E-state index is 0.247. The molecule has 0 amide bonds. The lowest BCUT2D eigenvalue weighted by molar-refractivity contribution is 0.644. The lowest BCUT2D eigenvalue weighted by Gasteiger charge is -2.12. The van der Waals surface area contributed by atoms with E-state index in [0.29, 0.717) is 5.92 Å². The normalized spacial score (nSPS) is 12.9. The van der Waals surface area contributed by atoms with E-state index < -0.39 is 0 Å². The van der Waals surface area contributed by atoms with Crippen LogP contribution in [0.2, 0.25) is 0 Å². The van der Waals surface area contributed by atoms with Gasteiger partial charge in [0.25, 0.3) is 0 Å². The molecule has 1 aromatic carbocycles. The maximum absolute atomic E-state index is 6.04. The zero-order valence-corrected chi connectivity index (χ0v) is 12.9. The van der Waals surface area contributed by atoms with Gasteiger partial charge in [0.2, 0.25) is 0 Å². The molecule has 2 rings (SSSR count). The average Bonchev–Trinajstić information content (AvgIpc) is 2.90. The van der Waals surface area contributed by atoms with Crippen molar-refractivity contribution in [2.75, 3.05) is 0 Å². The van der Waals surface area contributed by atoms with Gasteiger partial charge in [0.15, 0.2) is 0 Å². The summed E-state index contributed by atoms with van der Waals surface area (Å²) >= 11 is 0. The van der Waals surface area contributed by atoms with E-state index in [4.69, 9.17) is 5.73 Å². The van der Waals surface area contributed by atoms with E-state index in [0.717, 1.165) is 24.2 Å². The first-order valence-electron chi connectivity index (χ1n) is 7.42. The van der Waals surface area contributed by atoms with Crippen molar-refractivity contribution in [1.82, 2.24) is 9.78 Å². The van der Waals surface area contributed by atoms with Gasteiger partial charge in [-0.3, -0.25) is 0 Å². The summed E-state index contributed by atoms with van der Waals surface area (Å²) in [6.07, 6.45) is 3.98. The molecule has 1 aromatic heterocycles. The maximum atomic E-state index is 6.04. The standard InChI is InChI=1S/C17H25N3/c1-5-15(18)11-14-6-7-16(10-13(14)4)20-9-8-17(19-20)12(2)3/h6-10,12,15H,5,11,18H2,1-4H3. The van der Waals surface area contributed by atoms with Crippen LogP contribution in [0.1, 0.15) is 49.9 Å². The van der Waals surface area contributed by atoms with Gasteiger partial charge in [0.05, 0.1) is 11.4 Å². The number of aromatic nitrogens is 2. The third kappa shape index (κ3) is 3.28. The predicted octanol–water partition coefficient (Wildman–Crippen LogP) is 3.58. The van der Waals surface area contributed by atoms with Crippen LogP contribution in [-0.4, -0.2) is 15.8 Å². The molecule has 0 saturated heterocycles. The number of nitrogens with two attached hydrogens (primary N) is 1. The molecule has 0 saturated carbocycles. The largest absolute Gasteiger partial charge is 0.327 e. The Labute approximate surface area is 121 Å². The minimum absolute atomic E-state index is 0.247. The molecular weight excluding hydrogens is 246 g/mol. The third-order valence-corrected chi connectivity index (χ3v) is 3.80. The van der Waals surface area contributed by atoms with E-state index in [1.54, 1.807) is 0 Å². The molecule has 0 spiro atoms. The van der Waals surface area contributed by atoms with Crippen molar-refractivity contribution in [3.05, 3.63) is 47.3 Å². The highest BCUT2D eigenvalue weighted by atomic mass is 15.3. The smallest absolute Gasteiger partial charge is 0.0654 e. The summed E-state index contributed by atoms with van der Waals surface area (Å²) in [6.45, 7) is 8.60. The van der Waals surface area contributed by atoms with E-state index in [-0.39, 0.29) is 6.04 Å². The molecule has 0 bridgehead atoms. The topological polar surface area (TPSA) is 43.8 Å². The third-order valence-electron chi connectivity index (χ3n) is 3.80. The van der Waals surface area contributed by atoms with Gasteiger partial charge >= 0.3 is 0 Å². The van der Waals surface area contributed by atoms with Gasteiger partial charge in [0.1, 0.15) is 0 Å². The first kappa shape index (κ1) is 14.8. The van der Waals surface area contributed by atoms with Gasteiger partial charge < -0.3 is 5.73 Å². The molecule has 0 aliphatic carbocycles. The quantitative estimate of drug-likeness (QED) is 0.903. The molecule has 1 unspecified atom stereocenters. The molecule has 1 heterocycles. The Hall–Kier alpha value is -1.61. The van der Waals surface area contributed by atoms with Gasteiger partial charge in [-0.15, -0.1) is 0 Å². The molecule has 3 heteroatoms. The molecule has 108 valence electrons. The molecule has 1 atom stereocenters. The molecule has 3 nitrogen and oxygen atoms in total. The molecule has 2 aromatic rings. The first-order valence-corrected chi connectivity index (χ1v) is 7.42. The summed E-state index contributed by atoms with van der Waals surface area (Å²) in [6, 6.07) is 8.82. The number of aryl methyl sites for hydroxylation is 1. The van der Waals surface area contributed by atoms with E-state index in [1.807, 2.05) is 10.9 Å². The Kier molecular flexibility index (Phi) is 4.61. The summed E-state index contributed by atoms with van der Waals surface area (Å²) < 4.78 is 1.95. The maximum Gasteiger partial charge on any atom is 0.0654 e. The molecule has 0 aliphatic heterocycles. The van der Waals surface area contributed by atoms with Crippen LogP contribution in [0.3, 0.4) is 0 Å². The summed E-state index contributed by atoms with van der Waals surface area (Å²) in [5.74, 6) is 0.458. The summed E-state index contributed by atoms with van der Waals surface area (Å²) in [5.41, 5.74) is 10.9. The predicted molar refractivity (Wildman–Crippen MR) is 84.4 cm³/mol. The van der Waals surface area contributed by atoms with Gasteiger partial charge in [-0.1, -0.05) is 26.8 Å². The van der Waals surface area contributed by atoms with Crippen molar-refractivity contribution in [2.45, 2.75) is 52.5 Å². The monoisotopic (exact) mass is 271 g/mol. The van der Waals surface area contributed by atoms with Crippen molar-refractivity contribution in [1.29, 1.82) is 0 Å². The Morgan fingerprint density at radius 3 is 2.55 bits per heavy atom. The van der Waals surface area contributed by atoms with Gasteiger partial charge in [0, 0.05) is 12.2 Å². The fourth-order valence-electron chi connectivity index (χ4n) is 2.27. The fourth-order valence-corrected chi connectivity index (χ4v) is 2.27. The van der Waals surface area contributed by atoms with E-state index in [1.165, 1.54) is 11.1 Å². The van der Waals surface area contributed by atoms with Crippen molar-refractivity contribution < 1.29 is 0 Å². The number of rotatable bonds is 5. The second-order valence-corrected chi connectivity index (χ2v) is 5.82. The van der Waals surface area contributed by atoms with E-state index in [9.17, 15) is 0 Å². The second-order valence-electron chi connectivity index (χ2n) is 5.82. The van der Waals surface area contributed by atoms with Crippen LogP contribution in [0.25, 0.3) is 5.69 Å². The van der Waals surface area contributed by atoms with Crippen molar-refractivity contribution in [3.8, 4) is 5.69 Å². The van der Waals surface area contributed by atoms with E-state index >= 15 is 0 Å². The highest BCUT2D eigenvalue weighted by Crippen LogP contribution is 2.18. The Balaban J connectivity index is 2.23. The van der Waals surface area contributed by atoms with Crippen LogP contribution in [0.15, 0.2) is 30.5 Å². The molecule has 2 N–H and O–H groups in total. The lowest BCUT2D eigenvalue weighted by Crippen LogP contribution is -2.21. The summed E-state index contributed by atoms with van der Waals surface area (Å²) in [4.78, 5) is 0. The first-order chi connectivity index (χ1) is 9.51. The van der Waals surface area contributed by atoms with Gasteiger partial charge in [-0.25, -0.2) is 4.68 Å². The van der Waals surface area contributed by atoms with Crippen LogP contribution in [0.4, 0.5) is 0 Å². The summed E-state index contributed by atoms with van der Waals surface area (Å²) in [7, 11) is 0. The van der Waals surface area contributed by atoms with Crippen molar-refractivity contribution in [3.63, 3.8) is 0 Å². The van der Waals surface area contributed by atoms with Crippen LogP contribution in [0.5, 0.6) is 0 Å². The number of benzene rings is 1. The lowest BCUT2D eigenvalue weighted by atomic mass is 10.00. The molecule has 20 heavy (non-hydrogen) atoms. The van der Waals surface area contributed by atoms with Crippen molar-refractivity contribution >= 4 is 0 Å². The van der Waals surface area contributed by atoms with Crippen LogP contribution >= 0.6 is 0 Å². The summed E-state index contributed by atoms with van der Waals surface area (Å²) in [5, 5.41) is 4.62. The molecular formula is C17H25N3. The van der Waals surface area contributed by atoms with Crippen LogP contribution in [0, 0.1) is 6.92 Å². The Bertz CT molecular complexity index is 569. The zero-order chi connectivity index (χ0) is 14.7. The molecule has 0 radical (unpaired) electrons. The zero-order valence-electron chi connectivity index (χ0n) is 12.9. The fraction of sp³-hybridized carbons (Fsp3) is 0.471. The van der Waals surface area contributed by atoms with Gasteiger partial charge in [-0.05, 0) is 55.0 Å².